The molecular formula is C18H19N3O. The van der Waals surface area contributed by atoms with Gasteiger partial charge in [0.25, 0.3) is 0 Å². The molecule has 0 heterocycles. The van der Waals surface area contributed by atoms with Crippen LogP contribution in [0.5, 0.6) is 0 Å². The van der Waals surface area contributed by atoms with Crippen molar-refractivity contribution in [1.29, 1.82) is 5.26 Å². The summed E-state index contributed by atoms with van der Waals surface area (Å²) < 4.78 is 0. The molecule has 2 aromatic rings. The Balaban J connectivity index is 1.98. The molecule has 0 fully saturated rings. The summed E-state index contributed by atoms with van der Waals surface area (Å²) in [6.07, 6.45) is 0. The number of hydrogen-bond donors (Lipinski definition) is 2. The van der Waals surface area contributed by atoms with Crippen LogP contribution in [0.3, 0.4) is 0 Å². The number of hydrogen-bond acceptors (Lipinski definition) is 3. The predicted molar refractivity (Wildman–Crippen MR) is 88.8 cm³/mol. The molecular weight excluding hydrogens is 274 g/mol. The number of nitrogens with one attached hydrogen (secondary N) is 2. The van der Waals surface area contributed by atoms with Crippen LogP contribution in [0.25, 0.3) is 0 Å². The van der Waals surface area contributed by atoms with Gasteiger partial charge in [-0.3, -0.25) is 4.79 Å². The quantitative estimate of drug-likeness (QED) is 0.882. The lowest BCUT2D eigenvalue weighted by molar-refractivity contribution is -0.114. The average Bonchev–Trinajstić information content (AvgIpc) is 2.53. The van der Waals surface area contributed by atoms with Crippen LogP contribution in [0.1, 0.15) is 30.9 Å². The molecule has 112 valence electrons. The first-order valence-electron chi connectivity index (χ1n) is 7.23. The largest absolute Gasteiger partial charge is 0.376 e. The summed E-state index contributed by atoms with van der Waals surface area (Å²) in [5.41, 5.74) is 3.28. The second-order valence-electron chi connectivity index (χ2n) is 5.34. The van der Waals surface area contributed by atoms with Crippen LogP contribution in [0.4, 0.5) is 11.4 Å². The molecule has 0 spiro atoms. The van der Waals surface area contributed by atoms with Crippen molar-refractivity contribution in [1.82, 2.24) is 0 Å². The van der Waals surface area contributed by atoms with E-state index in [9.17, 15) is 4.79 Å². The van der Waals surface area contributed by atoms with Gasteiger partial charge < -0.3 is 10.6 Å². The first kappa shape index (κ1) is 15.6. The third-order valence-electron chi connectivity index (χ3n) is 3.30. The Labute approximate surface area is 130 Å². The van der Waals surface area contributed by atoms with Crippen LogP contribution < -0.4 is 10.6 Å². The normalized spacial score (nSPS) is 10.1. The van der Waals surface area contributed by atoms with Crippen molar-refractivity contribution < 1.29 is 4.79 Å². The van der Waals surface area contributed by atoms with E-state index >= 15 is 0 Å². The van der Waals surface area contributed by atoms with Gasteiger partial charge in [0.05, 0.1) is 18.2 Å². The molecule has 0 radical (unpaired) electrons. The van der Waals surface area contributed by atoms with E-state index in [4.69, 9.17) is 5.26 Å². The van der Waals surface area contributed by atoms with Crippen LogP contribution in [0.15, 0.2) is 48.5 Å². The SMILES string of the molecule is CC(C)c1ccccc1NC(=O)CNc1cccc(C#N)c1. The van der Waals surface area contributed by atoms with E-state index in [1.807, 2.05) is 30.3 Å². The molecule has 0 aliphatic heterocycles. The van der Waals surface area contributed by atoms with Gasteiger partial charge in [-0.2, -0.15) is 5.26 Å². The number of nitrogens with zero attached hydrogens (tertiary/aromatic N) is 1. The van der Waals surface area contributed by atoms with Gasteiger partial charge in [0.1, 0.15) is 0 Å². The summed E-state index contributed by atoms with van der Waals surface area (Å²) in [6.45, 7) is 4.34. The van der Waals surface area contributed by atoms with Crippen LogP contribution in [-0.2, 0) is 4.79 Å². The number of benzene rings is 2. The van der Waals surface area contributed by atoms with Crippen LogP contribution >= 0.6 is 0 Å². The molecule has 2 N–H and O–H groups in total. The van der Waals surface area contributed by atoms with Crippen molar-refractivity contribution in [3.8, 4) is 6.07 Å². The van der Waals surface area contributed by atoms with E-state index in [2.05, 4.69) is 30.6 Å². The Hall–Kier alpha value is -2.80. The first-order chi connectivity index (χ1) is 10.6. The van der Waals surface area contributed by atoms with Crippen molar-refractivity contribution in [3.63, 3.8) is 0 Å². The molecule has 0 aromatic heterocycles. The van der Waals surface area contributed by atoms with E-state index in [1.165, 1.54) is 0 Å². The van der Waals surface area contributed by atoms with Gasteiger partial charge in [-0.15, -0.1) is 0 Å². The molecule has 0 bridgehead atoms. The lowest BCUT2D eigenvalue weighted by Crippen LogP contribution is -2.22. The fourth-order valence-electron chi connectivity index (χ4n) is 2.19. The lowest BCUT2D eigenvalue weighted by Gasteiger charge is -2.14. The summed E-state index contributed by atoms with van der Waals surface area (Å²) in [7, 11) is 0. The molecule has 4 heteroatoms. The third-order valence-corrected chi connectivity index (χ3v) is 3.30. The number of nitriles is 1. The smallest absolute Gasteiger partial charge is 0.243 e. The van der Waals surface area contributed by atoms with Gasteiger partial charge in [-0.25, -0.2) is 0 Å². The third kappa shape index (κ3) is 4.10. The highest BCUT2D eigenvalue weighted by Gasteiger charge is 2.09. The van der Waals surface area contributed by atoms with E-state index in [1.54, 1.807) is 18.2 Å². The minimum Gasteiger partial charge on any atom is -0.376 e. The zero-order chi connectivity index (χ0) is 15.9. The topological polar surface area (TPSA) is 64.9 Å². The second kappa shape index (κ2) is 7.28. The fourth-order valence-corrected chi connectivity index (χ4v) is 2.19. The maximum Gasteiger partial charge on any atom is 0.243 e. The summed E-state index contributed by atoms with van der Waals surface area (Å²) in [6, 6.07) is 16.9. The van der Waals surface area contributed by atoms with E-state index in [0.717, 1.165) is 16.9 Å². The molecule has 4 nitrogen and oxygen atoms in total. The standard InChI is InChI=1S/C18H19N3O/c1-13(2)16-8-3-4-9-17(16)21-18(22)12-20-15-7-5-6-14(10-15)11-19/h3-10,13,20H,12H2,1-2H3,(H,21,22). The van der Waals surface area contributed by atoms with Crippen LogP contribution in [0, 0.1) is 11.3 Å². The maximum atomic E-state index is 12.1. The number of carbonyl (C=O) groups is 1. The van der Waals surface area contributed by atoms with Crippen molar-refractivity contribution in [2.75, 3.05) is 17.2 Å². The zero-order valence-corrected chi connectivity index (χ0v) is 12.8. The Kier molecular flexibility index (Phi) is 5.16. The monoisotopic (exact) mass is 293 g/mol. The van der Waals surface area contributed by atoms with E-state index in [-0.39, 0.29) is 12.5 Å². The van der Waals surface area contributed by atoms with Crippen molar-refractivity contribution >= 4 is 17.3 Å². The minimum absolute atomic E-state index is 0.115. The molecule has 22 heavy (non-hydrogen) atoms. The van der Waals surface area contributed by atoms with Crippen molar-refractivity contribution in [2.45, 2.75) is 19.8 Å². The summed E-state index contributed by atoms with van der Waals surface area (Å²) in [5.74, 6) is 0.229. The Morgan fingerprint density at radius 2 is 1.95 bits per heavy atom. The molecule has 0 unspecified atom stereocenters. The van der Waals surface area contributed by atoms with Gasteiger partial charge in [-0.05, 0) is 35.7 Å². The molecule has 0 saturated carbocycles. The molecule has 0 aliphatic carbocycles. The highest BCUT2D eigenvalue weighted by atomic mass is 16.1. The zero-order valence-electron chi connectivity index (χ0n) is 12.8. The number of amides is 1. The average molecular weight is 293 g/mol. The minimum atomic E-state index is -0.115. The maximum absolute atomic E-state index is 12.1. The molecule has 1 amide bonds. The number of rotatable bonds is 5. The molecule has 2 aromatic carbocycles. The van der Waals surface area contributed by atoms with E-state index < -0.39 is 0 Å². The van der Waals surface area contributed by atoms with Crippen LogP contribution in [-0.4, -0.2) is 12.5 Å². The Morgan fingerprint density at radius 1 is 1.18 bits per heavy atom. The van der Waals surface area contributed by atoms with Gasteiger partial charge in [0.2, 0.25) is 5.91 Å². The molecule has 0 atom stereocenters. The number of para-hydroxylation sites is 1. The molecule has 0 saturated heterocycles. The lowest BCUT2D eigenvalue weighted by atomic mass is 10.0. The molecule has 2 rings (SSSR count). The van der Waals surface area contributed by atoms with Gasteiger partial charge in [0, 0.05) is 11.4 Å². The molecule has 0 aliphatic rings. The second-order valence-corrected chi connectivity index (χ2v) is 5.34. The predicted octanol–water partition coefficient (Wildman–Crippen LogP) is 3.73. The van der Waals surface area contributed by atoms with Gasteiger partial charge >= 0.3 is 0 Å². The summed E-state index contributed by atoms with van der Waals surface area (Å²) >= 11 is 0. The Morgan fingerprint density at radius 3 is 2.68 bits per heavy atom. The van der Waals surface area contributed by atoms with E-state index in [0.29, 0.717) is 11.5 Å². The summed E-state index contributed by atoms with van der Waals surface area (Å²) in [5, 5.41) is 14.8. The first-order valence-corrected chi connectivity index (χ1v) is 7.23. The fraction of sp³-hybridized carbons (Fsp3) is 0.222. The number of carbonyl (C=O) groups excluding carboxylic acids is 1. The number of anilines is 2. The highest BCUT2D eigenvalue weighted by molar-refractivity contribution is 5.94. The Bertz CT molecular complexity index is 701. The van der Waals surface area contributed by atoms with Crippen LogP contribution in [0.2, 0.25) is 0 Å². The van der Waals surface area contributed by atoms with Gasteiger partial charge in [-0.1, -0.05) is 38.1 Å². The van der Waals surface area contributed by atoms with Gasteiger partial charge in [0.15, 0.2) is 0 Å². The van der Waals surface area contributed by atoms with Crippen molar-refractivity contribution in [3.05, 3.63) is 59.7 Å². The summed E-state index contributed by atoms with van der Waals surface area (Å²) in [4.78, 5) is 12.1. The van der Waals surface area contributed by atoms with Crippen molar-refractivity contribution in [2.24, 2.45) is 0 Å². The highest BCUT2D eigenvalue weighted by Crippen LogP contribution is 2.23.